The average molecular weight is 290 g/mol. The summed E-state index contributed by atoms with van der Waals surface area (Å²) >= 11 is 0. The van der Waals surface area contributed by atoms with Crippen LogP contribution >= 0.6 is 0 Å². The van der Waals surface area contributed by atoms with Crippen molar-refractivity contribution in [2.45, 2.75) is 38.8 Å². The van der Waals surface area contributed by atoms with E-state index in [0.717, 1.165) is 45.4 Å². The van der Waals surface area contributed by atoms with E-state index in [1.165, 1.54) is 5.56 Å². The number of hydrogen-bond donors (Lipinski definition) is 1. The predicted octanol–water partition coefficient (Wildman–Crippen LogP) is 2.19. The maximum absolute atomic E-state index is 12.0. The van der Waals surface area contributed by atoms with E-state index < -0.39 is 0 Å². The van der Waals surface area contributed by atoms with Crippen LogP contribution < -0.4 is 5.32 Å². The fourth-order valence-electron chi connectivity index (χ4n) is 2.55. The molecule has 1 heterocycles. The third-order valence-electron chi connectivity index (χ3n) is 3.80. The number of nitrogens with one attached hydrogen (secondary N) is 1. The van der Waals surface area contributed by atoms with Crippen molar-refractivity contribution in [3.8, 4) is 0 Å². The summed E-state index contributed by atoms with van der Waals surface area (Å²) in [6.45, 7) is 6.06. The molecule has 21 heavy (non-hydrogen) atoms. The second-order valence-corrected chi connectivity index (χ2v) is 5.56. The molecule has 1 aromatic carbocycles. The number of carbonyl (C=O) groups is 1. The number of carbonyl (C=O) groups excluding carboxylic acids is 1. The van der Waals surface area contributed by atoms with E-state index in [9.17, 15) is 4.79 Å². The van der Waals surface area contributed by atoms with Crippen molar-refractivity contribution in [3.05, 3.63) is 35.9 Å². The predicted molar refractivity (Wildman–Crippen MR) is 84.0 cm³/mol. The minimum absolute atomic E-state index is 0.143. The van der Waals surface area contributed by atoms with Gasteiger partial charge < -0.3 is 15.0 Å². The Hall–Kier alpha value is -1.39. The molecule has 4 heteroatoms. The first-order chi connectivity index (χ1) is 10.3. The lowest BCUT2D eigenvalue weighted by molar-refractivity contribution is -0.141. The number of ether oxygens (including phenoxy) is 1. The molecule has 0 spiro atoms. The quantitative estimate of drug-likeness (QED) is 0.746. The van der Waals surface area contributed by atoms with Gasteiger partial charge in [-0.25, -0.2) is 0 Å². The Morgan fingerprint density at radius 1 is 1.29 bits per heavy atom. The van der Waals surface area contributed by atoms with Crippen LogP contribution in [0.4, 0.5) is 0 Å². The molecular weight excluding hydrogens is 264 g/mol. The first kappa shape index (κ1) is 16.0. The summed E-state index contributed by atoms with van der Waals surface area (Å²) in [7, 11) is 0. The van der Waals surface area contributed by atoms with E-state index in [-0.39, 0.29) is 12.0 Å². The molecule has 1 unspecified atom stereocenters. The number of benzene rings is 1. The van der Waals surface area contributed by atoms with E-state index in [0.29, 0.717) is 6.61 Å². The minimum Gasteiger partial charge on any atom is -0.369 e. The Balaban J connectivity index is 1.52. The molecule has 0 saturated carbocycles. The summed E-state index contributed by atoms with van der Waals surface area (Å²) < 4.78 is 5.64. The van der Waals surface area contributed by atoms with Crippen LogP contribution in [0.2, 0.25) is 0 Å². The molecule has 116 valence electrons. The van der Waals surface area contributed by atoms with Crippen molar-refractivity contribution >= 4 is 5.91 Å². The molecule has 2 rings (SSSR count). The zero-order chi connectivity index (χ0) is 14.9. The fraction of sp³-hybridized carbons (Fsp3) is 0.588. The summed E-state index contributed by atoms with van der Waals surface area (Å²) in [6.07, 6.45) is 2.87. The molecule has 1 atom stereocenters. The Bertz CT molecular complexity index is 416. The highest BCUT2D eigenvalue weighted by atomic mass is 16.5. The zero-order valence-corrected chi connectivity index (χ0v) is 12.9. The van der Waals surface area contributed by atoms with Crippen LogP contribution in [-0.4, -0.2) is 43.2 Å². The molecule has 0 radical (unpaired) electrons. The van der Waals surface area contributed by atoms with Gasteiger partial charge in [-0.05, 0) is 38.3 Å². The monoisotopic (exact) mass is 290 g/mol. The zero-order valence-electron chi connectivity index (χ0n) is 12.9. The lowest BCUT2D eigenvalue weighted by atomic mass is 10.2. The van der Waals surface area contributed by atoms with Crippen molar-refractivity contribution in [1.29, 1.82) is 0 Å². The van der Waals surface area contributed by atoms with Crippen LogP contribution in [0.1, 0.15) is 31.7 Å². The molecular formula is C17H26N2O2. The van der Waals surface area contributed by atoms with Gasteiger partial charge in [-0.2, -0.15) is 0 Å². The Kier molecular flexibility index (Phi) is 6.70. The molecule has 0 bridgehead atoms. The lowest BCUT2D eigenvalue weighted by Gasteiger charge is -2.20. The van der Waals surface area contributed by atoms with Gasteiger partial charge in [-0.1, -0.05) is 30.3 Å². The fourth-order valence-corrected chi connectivity index (χ4v) is 2.55. The summed E-state index contributed by atoms with van der Waals surface area (Å²) in [6, 6.07) is 10.3. The average Bonchev–Trinajstić information content (AvgIpc) is 3.05. The highest BCUT2D eigenvalue weighted by Gasteiger charge is 2.23. The van der Waals surface area contributed by atoms with Crippen molar-refractivity contribution in [2.75, 3.05) is 26.2 Å². The van der Waals surface area contributed by atoms with E-state index in [4.69, 9.17) is 4.74 Å². The van der Waals surface area contributed by atoms with Crippen molar-refractivity contribution in [1.82, 2.24) is 10.2 Å². The Morgan fingerprint density at radius 2 is 2.00 bits per heavy atom. The van der Waals surface area contributed by atoms with Gasteiger partial charge in [-0.3, -0.25) is 4.79 Å². The van der Waals surface area contributed by atoms with Crippen molar-refractivity contribution in [2.24, 2.45) is 0 Å². The van der Waals surface area contributed by atoms with Crippen molar-refractivity contribution in [3.63, 3.8) is 0 Å². The topological polar surface area (TPSA) is 41.6 Å². The SMILES string of the molecule is CC(OCCCNCc1ccccc1)C(=O)N1CCCC1. The smallest absolute Gasteiger partial charge is 0.251 e. The number of hydrogen-bond acceptors (Lipinski definition) is 3. The highest BCUT2D eigenvalue weighted by Crippen LogP contribution is 2.10. The largest absolute Gasteiger partial charge is 0.369 e. The maximum atomic E-state index is 12.0. The summed E-state index contributed by atoms with van der Waals surface area (Å²) in [4.78, 5) is 14.0. The van der Waals surface area contributed by atoms with Gasteiger partial charge in [-0.15, -0.1) is 0 Å². The van der Waals surface area contributed by atoms with Crippen LogP contribution in [0.15, 0.2) is 30.3 Å². The molecule has 4 nitrogen and oxygen atoms in total. The van der Waals surface area contributed by atoms with Crippen LogP contribution in [0.3, 0.4) is 0 Å². The van der Waals surface area contributed by atoms with E-state index in [1.807, 2.05) is 30.0 Å². The number of amides is 1. The number of likely N-dealkylation sites (tertiary alicyclic amines) is 1. The molecule has 1 aromatic rings. The standard InChI is InChI=1S/C17H26N2O2/c1-15(17(20)19-11-5-6-12-19)21-13-7-10-18-14-16-8-3-2-4-9-16/h2-4,8-9,15,18H,5-7,10-14H2,1H3. The molecule has 1 N–H and O–H groups in total. The third-order valence-corrected chi connectivity index (χ3v) is 3.80. The molecule has 0 aromatic heterocycles. The van der Waals surface area contributed by atoms with Gasteiger partial charge in [0.2, 0.25) is 0 Å². The minimum atomic E-state index is -0.308. The number of nitrogens with zero attached hydrogens (tertiary/aromatic N) is 1. The second-order valence-electron chi connectivity index (χ2n) is 5.56. The first-order valence-corrected chi connectivity index (χ1v) is 7.92. The van der Waals surface area contributed by atoms with Gasteiger partial charge >= 0.3 is 0 Å². The first-order valence-electron chi connectivity index (χ1n) is 7.92. The van der Waals surface area contributed by atoms with E-state index in [2.05, 4.69) is 17.4 Å². The summed E-state index contributed by atoms with van der Waals surface area (Å²) in [5.74, 6) is 0.143. The Labute approximate surface area is 127 Å². The van der Waals surface area contributed by atoms with Gasteiger partial charge in [0.1, 0.15) is 6.10 Å². The Morgan fingerprint density at radius 3 is 2.71 bits per heavy atom. The molecule has 1 saturated heterocycles. The van der Waals surface area contributed by atoms with Crippen LogP contribution in [0, 0.1) is 0 Å². The summed E-state index contributed by atoms with van der Waals surface area (Å²) in [5, 5.41) is 3.38. The molecule has 1 amide bonds. The van der Waals surface area contributed by atoms with Crippen molar-refractivity contribution < 1.29 is 9.53 Å². The van der Waals surface area contributed by atoms with E-state index in [1.54, 1.807) is 0 Å². The summed E-state index contributed by atoms with van der Waals surface area (Å²) in [5.41, 5.74) is 1.29. The molecule has 1 aliphatic heterocycles. The third kappa shape index (κ3) is 5.48. The van der Waals surface area contributed by atoms with Gasteiger partial charge in [0.05, 0.1) is 0 Å². The second kappa shape index (κ2) is 8.80. The van der Waals surface area contributed by atoms with Gasteiger partial charge in [0, 0.05) is 26.2 Å². The lowest BCUT2D eigenvalue weighted by Crippen LogP contribution is -2.37. The highest BCUT2D eigenvalue weighted by molar-refractivity contribution is 5.80. The van der Waals surface area contributed by atoms with Crippen LogP contribution in [0.25, 0.3) is 0 Å². The molecule has 1 fully saturated rings. The maximum Gasteiger partial charge on any atom is 0.251 e. The van der Waals surface area contributed by atoms with Crippen LogP contribution in [0.5, 0.6) is 0 Å². The van der Waals surface area contributed by atoms with Gasteiger partial charge in [0.15, 0.2) is 0 Å². The van der Waals surface area contributed by atoms with E-state index >= 15 is 0 Å². The molecule has 0 aliphatic carbocycles. The van der Waals surface area contributed by atoms with Gasteiger partial charge in [0.25, 0.3) is 5.91 Å². The van der Waals surface area contributed by atoms with Crippen LogP contribution in [-0.2, 0) is 16.1 Å². The number of rotatable bonds is 8. The molecule has 1 aliphatic rings. The normalized spacial score (nSPS) is 16.1.